The first-order valence-corrected chi connectivity index (χ1v) is 8.77. The Balaban J connectivity index is 1.93. The van der Waals surface area contributed by atoms with Crippen LogP contribution in [-0.2, 0) is 10.0 Å². The molecule has 2 atom stereocenters. The maximum Gasteiger partial charge on any atom is 0.251 e. The summed E-state index contributed by atoms with van der Waals surface area (Å²) in [5, 5.41) is 0.952. The topological polar surface area (TPSA) is 59.1 Å². The molecule has 1 N–H and O–H groups in total. The standard InChI is InChI=1S/C11H17ClN2O2S2/c1-8-13-7-11(17-8)18(15,16)14-6-9-3-2-4-10(12)5-9/h7,9-10,14H,2-6H2,1H3. The zero-order valence-electron chi connectivity index (χ0n) is 10.2. The van der Waals surface area contributed by atoms with Crippen LogP contribution >= 0.6 is 22.9 Å². The Kier molecular flexibility index (Phi) is 4.64. The molecule has 0 aliphatic heterocycles. The predicted molar refractivity (Wildman–Crippen MR) is 73.6 cm³/mol. The molecule has 1 aliphatic carbocycles. The molecule has 1 aliphatic rings. The third kappa shape index (κ3) is 3.66. The maximum atomic E-state index is 12.0. The van der Waals surface area contributed by atoms with Crippen molar-refractivity contribution < 1.29 is 8.42 Å². The fraction of sp³-hybridized carbons (Fsp3) is 0.727. The second kappa shape index (κ2) is 5.86. The van der Waals surface area contributed by atoms with Gasteiger partial charge in [-0.05, 0) is 32.1 Å². The number of alkyl halides is 1. The lowest BCUT2D eigenvalue weighted by Crippen LogP contribution is -2.31. The van der Waals surface area contributed by atoms with Gasteiger partial charge in [0.2, 0.25) is 0 Å². The van der Waals surface area contributed by atoms with Crippen molar-refractivity contribution in [1.29, 1.82) is 0 Å². The van der Waals surface area contributed by atoms with Crippen LogP contribution in [0.3, 0.4) is 0 Å². The van der Waals surface area contributed by atoms with Crippen LogP contribution in [0.4, 0.5) is 0 Å². The number of thiazole rings is 1. The minimum Gasteiger partial charge on any atom is -0.249 e. The Hall–Kier alpha value is -0.170. The van der Waals surface area contributed by atoms with Crippen molar-refractivity contribution in [1.82, 2.24) is 9.71 Å². The van der Waals surface area contributed by atoms with Gasteiger partial charge in [-0.2, -0.15) is 0 Å². The fourth-order valence-corrected chi connectivity index (χ4v) is 4.85. The Morgan fingerprint density at radius 3 is 2.94 bits per heavy atom. The number of aryl methyl sites for hydroxylation is 1. The molecular formula is C11H17ClN2O2S2. The average molecular weight is 309 g/mol. The largest absolute Gasteiger partial charge is 0.251 e. The summed E-state index contributed by atoms with van der Waals surface area (Å²) in [4.78, 5) is 3.97. The first kappa shape index (κ1) is 14.2. The zero-order valence-corrected chi connectivity index (χ0v) is 12.6. The highest BCUT2D eigenvalue weighted by Gasteiger charge is 2.23. The molecule has 4 nitrogen and oxygen atoms in total. The van der Waals surface area contributed by atoms with Gasteiger partial charge in [0.1, 0.15) is 0 Å². The highest BCUT2D eigenvalue weighted by atomic mass is 35.5. The van der Waals surface area contributed by atoms with Gasteiger partial charge >= 0.3 is 0 Å². The normalized spacial score (nSPS) is 25.2. The SMILES string of the molecule is Cc1ncc(S(=O)(=O)NCC2CCCC(Cl)C2)s1. The molecule has 7 heteroatoms. The number of nitrogens with zero attached hydrogens (tertiary/aromatic N) is 1. The smallest absolute Gasteiger partial charge is 0.249 e. The average Bonchev–Trinajstić information content (AvgIpc) is 2.74. The molecule has 0 saturated heterocycles. The number of aromatic nitrogens is 1. The number of nitrogens with one attached hydrogen (secondary N) is 1. The summed E-state index contributed by atoms with van der Waals surface area (Å²) in [6.07, 6.45) is 5.48. The van der Waals surface area contributed by atoms with Crippen LogP contribution in [0, 0.1) is 12.8 Å². The first-order valence-electron chi connectivity index (χ1n) is 6.03. The molecule has 1 heterocycles. The molecule has 1 aromatic rings. The van der Waals surface area contributed by atoms with Gasteiger partial charge in [0.25, 0.3) is 10.0 Å². The van der Waals surface area contributed by atoms with Crippen LogP contribution in [0.25, 0.3) is 0 Å². The van der Waals surface area contributed by atoms with E-state index in [4.69, 9.17) is 11.6 Å². The second-order valence-corrected chi connectivity index (χ2v) is 8.53. The lowest BCUT2D eigenvalue weighted by atomic mass is 9.89. The Labute approximate surface area is 117 Å². The van der Waals surface area contributed by atoms with Gasteiger partial charge in [0.15, 0.2) is 4.21 Å². The highest BCUT2D eigenvalue weighted by molar-refractivity contribution is 7.91. The second-order valence-electron chi connectivity index (χ2n) is 4.68. The third-order valence-electron chi connectivity index (χ3n) is 3.15. The number of rotatable bonds is 4. The molecule has 0 amide bonds. The summed E-state index contributed by atoms with van der Waals surface area (Å²) in [6.45, 7) is 2.27. The van der Waals surface area contributed by atoms with Crippen molar-refractivity contribution >= 4 is 33.0 Å². The molecule has 102 valence electrons. The molecule has 0 radical (unpaired) electrons. The molecule has 0 spiro atoms. The van der Waals surface area contributed by atoms with Gasteiger partial charge < -0.3 is 0 Å². The number of sulfonamides is 1. The van der Waals surface area contributed by atoms with E-state index < -0.39 is 10.0 Å². The first-order chi connectivity index (χ1) is 8.47. The summed E-state index contributed by atoms with van der Waals surface area (Å²) in [5.41, 5.74) is 0. The Morgan fingerprint density at radius 1 is 1.56 bits per heavy atom. The molecule has 1 fully saturated rings. The van der Waals surface area contributed by atoms with Crippen molar-refractivity contribution in [2.75, 3.05) is 6.54 Å². The van der Waals surface area contributed by atoms with Crippen LogP contribution < -0.4 is 4.72 Å². The summed E-state index contributed by atoms with van der Waals surface area (Å²) in [7, 11) is -3.39. The molecule has 0 bridgehead atoms. The number of hydrogen-bond donors (Lipinski definition) is 1. The van der Waals surface area contributed by atoms with Crippen molar-refractivity contribution in [3.63, 3.8) is 0 Å². The Bertz CT molecular complexity index is 501. The van der Waals surface area contributed by atoms with E-state index >= 15 is 0 Å². The van der Waals surface area contributed by atoms with E-state index in [0.717, 1.165) is 30.7 Å². The van der Waals surface area contributed by atoms with Crippen LogP contribution in [0.5, 0.6) is 0 Å². The maximum absolute atomic E-state index is 12.0. The summed E-state index contributed by atoms with van der Waals surface area (Å²) in [6, 6.07) is 0. The quantitative estimate of drug-likeness (QED) is 0.870. The van der Waals surface area contributed by atoms with Gasteiger partial charge in [-0.1, -0.05) is 6.42 Å². The van der Waals surface area contributed by atoms with E-state index in [1.54, 1.807) is 6.92 Å². The van der Waals surface area contributed by atoms with Crippen molar-refractivity contribution in [2.24, 2.45) is 5.92 Å². The molecule has 1 aromatic heterocycles. The van der Waals surface area contributed by atoms with E-state index in [1.165, 1.54) is 17.5 Å². The lowest BCUT2D eigenvalue weighted by Gasteiger charge is -2.25. The number of hydrogen-bond acceptors (Lipinski definition) is 4. The van der Waals surface area contributed by atoms with Crippen molar-refractivity contribution in [2.45, 2.75) is 42.2 Å². The summed E-state index contributed by atoms with van der Waals surface area (Å²) in [5.74, 6) is 0.352. The number of halogens is 1. The van der Waals surface area contributed by atoms with Crippen molar-refractivity contribution in [3.05, 3.63) is 11.2 Å². The molecule has 18 heavy (non-hydrogen) atoms. The highest BCUT2D eigenvalue weighted by Crippen LogP contribution is 2.27. The van der Waals surface area contributed by atoms with Gasteiger partial charge in [-0.25, -0.2) is 18.1 Å². The molecule has 1 saturated carbocycles. The molecular weight excluding hydrogens is 292 g/mol. The van der Waals surface area contributed by atoms with Crippen molar-refractivity contribution in [3.8, 4) is 0 Å². The van der Waals surface area contributed by atoms with Crippen LogP contribution in [0.2, 0.25) is 0 Å². The van der Waals surface area contributed by atoms with E-state index in [9.17, 15) is 8.42 Å². The monoisotopic (exact) mass is 308 g/mol. The molecule has 2 unspecified atom stereocenters. The van der Waals surface area contributed by atoms with Gasteiger partial charge in [-0.3, -0.25) is 0 Å². The van der Waals surface area contributed by atoms with Crippen LogP contribution in [-0.4, -0.2) is 25.3 Å². The minimum absolute atomic E-state index is 0.193. The van der Waals surface area contributed by atoms with E-state index in [-0.39, 0.29) is 5.38 Å². The van der Waals surface area contributed by atoms with Gasteiger partial charge in [0, 0.05) is 11.9 Å². The summed E-state index contributed by atoms with van der Waals surface area (Å²) >= 11 is 7.29. The molecule has 2 rings (SSSR count). The minimum atomic E-state index is -3.39. The predicted octanol–water partition coefficient (Wildman–Crippen LogP) is 2.53. The lowest BCUT2D eigenvalue weighted by molar-refractivity contribution is 0.362. The van der Waals surface area contributed by atoms with E-state index in [0.29, 0.717) is 16.7 Å². The molecule has 0 aromatic carbocycles. The third-order valence-corrected chi connectivity index (χ3v) is 6.34. The fourth-order valence-electron chi connectivity index (χ4n) is 2.18. The van der Waals surface area contributed by atoms with Gasteiger partial charge in [-0.15, -0.1) is 22.9 Å². The summed E-state index contributed by atoms with van der Waals surface area (Å²) < 4.78 is 26.9. The zero-order chi connectivity index (χ0) is 13.2. The van der Waals surface area contributed by atoms with Crippen LogP contribution in [0.15, 0.2) is 10.4 Å². The van der Waals surface area contributed by atoms with Crippen LogP contribution in [0.1, 0.15) is 30.7 Å². The van der Waals surface area contributed by atoms with E-state index in [1.807, 2.05) is 0 Å². The van der Waals surface area contributed by atoms with E-state index in [2.05, 4.69) is 9.71 Å². The Morgan fingerprint density at radius 2 is 2.33 bits per heavy atom. The van der Waals surface area contributed by atoms with Gasteiger partial charge in [0.05, 0.1) is 11.2 Å².